The molecular formula is C22H16ClFN2O. The molecule has 27 heavy (non-hydrogen) atoms. The van der Waals surface area contributed by atoms with Gasteiger partial charge in [-0.1, -0.05) is 54.1 Å². The second kappa shape index (κ2) is 6.39. The standard InChI is InChI=1S/C22H16ClFN2O/c23-16-10-8-14(9-11-16)19-13-20-18-6-1-2-7-21(18)27-22(26(20)25-19)15-4-3-5-17(24)12-15/h1-12,20,22H,13H2/t20-,22-/m0/s1. The Labute approximate surface area is 161 Å². The predicted octanol–water partition coefficient (Wildman–Crippen LogP) is 5.72. The summed E-state index contributed by atoms with van der Waals surface area (Å²) in [4.78, 5) is 0. The summed E-state index contributed by atoms with van der Waals surface area (Å²) >= 11 is 6.02. The topological polar surface area (TPSA) is 24.8 Å². The summed E-state index contributed by atoms with van der Waals surface area (Å²) in [6, 6.07) is 22.2. The van der Waals surface area contributed by atoms with E-state index in [0.29, 0.717) is 5.02 Å². The van der Waals surface area contributed by atoms with Crippen molar-refractivity contribution < 1.29 is 9.13 Å². The number of hydrazone groups is 1. The third kappa shape index (κ3) is 2.86. The average Bonchev–Trinajstić information content (AvgIpc) is 3.13. The van der Waals surface area contributed by atoms with Crippen LogP contribution in [-0.2, 0) is 0 Å². The number of hydrogen-bond donors (Lipinski definition) is 0. The molecule has 0 saturated carbocycles. The number of nitrogens with zero attached hydrogens (tertiary/aromatic N) is 2. The second-order valence-corrected chi connectivity index (χ2v) is 7.15. The van der Waals surface area contributed by atoms with E-state index in [1.165, 1.54) is 12.1 Å². The molecule has 0 unspecified atom stereocenters. The fourth-order valence-corrected chi connectivity index (χ4v) is 3.86. The molecule has 5 heteroatoms. The molecule has 5 rings (SSSR count). The normalized spacial score (nSPS) is 20.5. The molecule has 3 nitrogen and oxygen atoms in total. The minimum absolute atomic E-state index is 0.0499. The van der Waals surface area contributed by atoms with Crippen molar-refractivity contribution in [2.45, 2.75) is 18.7 Å². The number of ether oxygens (including phenoxy) is 1. The van der Waals surface area contributed by atoms with Crippen molar-refractivity contribution in [3.63, 3.8) is 0 Å². The third-order valence-corrected chi connectivity index (χ3v) is 5.26. The van der Waals surface area contributed by atoms with Crippen molar-refractivity contribution in [3.8, 4) is 5.75 Å². The third-order valence-electron chi connectivity index (χ3n) is 5.01. The van der Waals surface area contributed by atoms with Gasteiger partial charge in [0.15, 0.2) is 0 Å². The van der Waals surface area contributed by atoms with Crippen LogP contribution < -0.4 is 4.74 Å². The van der Waals surface area contributed by atoms with Crippen LogP contribution in [0.4, 0.5) is 4.39 Å². The zero-order valence-electron chi connectivity index (χ0n) is 14.3. The lowest BCUT2D eigenvalue weighted by molar-refractivity contribution is -0.0192. The highest BCUT2D eigenvalue weighted by Gasteiger charge is 2.40. The quantitative estimate of drug-likeness (QED) is 0.569. The van der Waals surface area contributed by atoms with E-state index in [9.17, 15) is 4.39 Å². The Kier molecular flexibility index (Phi) is 3.87. The maximum Gasteiger partial charge on any atom is 0.213 e. The van der Waals surface area contributed by atoms with E-state index in [4.69, 9.17) is 21.4 Å². The molecule has 0 amide bonds. The molecule has 0 aliphatic carbocycles. The fourth-order valence-electron chi connectivity index (χ4n) is 3.73. The van der Waals surface area contributed by atoms with Gasteiger partial charge < -0.3 is 4.74 Å². The van der Waals surface area contributed by atoms with Crippen molar-refractivity contribution in [2.75, 3.05) is 0 Å². The summed E-state index contributed by atoms with van der Waals surface area (Å²) < 4.78 is 20.0. The number of para-hydroxylation sites is 1. The Hall–Kier alpha value is -2.85. The lowest BCUT2D eigenvalue weighted by atomic mass is 9.96. The maximum absolute atomic E-state index is 13.8. The molecule has 0 fully saturated rings. The molecule has 0 bridgehead atoms. The van der Waals surface area contributed by atoms with Gasteiger partial charge in [0.1, 0.15) is 11.6 Å². The van der Waals surface area contributed by atoms with E-state index in [2.05, 4.69) is 6.07 Å². The number of hydrogen-bond acceptors (Lipinski definition) is 3. The molecule has 0 saturated heterocycles. The predicted molar refractivity (Wildman–Crippen MR) is 103 cm³/mol. The van der Waals surface area contributed by atoms with E-state index >= 15 is 0 Å². The largest absolute Gasteiger partial charge is 0.464 e. The highest BCUT2D eigenvalue weighted by atomic mass is 35.5. The van der Waals surface area contributed by atoms with Crippen LogP contribution in [0.1, 0.15) is 35.4 Å². The van der Waals surface area contributed by atoms with Crippen LogP contribution in [0.15, 0.2) is 77.9 Å². The summed E-state index contributed by atoms with van der Waals surface area (Å²) in [5, 5.41) is 7.50. The fraction of sp³-hybridized carbons (Fsp3) is 0.136. The summed E-state index contributed by atoms with van der Waals surface area (Å²) in [6.45, 7) is 0. The van der Waals surface area contributed by atoms with Crippen LogP contribution in [0.2, 0.25) is 5.02 Å². The Bertz CT molecular complexity index is 1030. The van der Waals surface area contributed by atoms with E-state index < -0.39 is 6.23 Å². The molecule has 2 heterocycles. The smallest absolute Gasteiger partial charge is 0.213 e. The number of benzene rings is 3. The monoisotopic (exact) mass is 378 g/mol. The van der Waals surface area contributed by atoms with Gasteiger partial charge in [0.05, 0.1) is 11.8 Å². The zero-order valence-corrected chi connectivity index (χ0v) is 15.1. The first-order chi connectivity index (χ1) is 13.2. The van der Waals surface area contributed by atoms with Gasteiger partial charge in [-0.3, -0.25) is 0 Å². The van der Waals surface area contributed by atoms with Crippen molar-refractivity contribution in [1.82, 2.24) is 5.01 Å². The summed E-state index contributed by atoms with van der Waals surface area (Å²) in [7, 11) is 0. The van der Waals surface area contributed by atoms with Crippen molar-refractivity contribution in [3.05, 3.63) is 100 Å². The number of halogens is 2. The first kappa shape index (κ1) is 16.3. The van der Waals surface area contributed by atoms with Gasteiger partial charge >= 0.3 is 0 Å². The van der Waals surface area contributed by atoms with Crippen LogP contribution in [0.25, 0.3) is 0 Å². The van der Waals surface area contributed by atoms with E-state index in [0.717, 1.165) is 34.6 Å². The maximum atomic E-state index is 13.8. The molecule has 0 N–H and O–H groups in total. The molecular weight excluding hydrogens is 363 g/mol. The van der Waals surface area contributed by atoms with Gasteiger partial charge in [0.2, 0.25) is 6.23 Å². The Morgan fingerprint density at radius 1 is 1.00 bits per heavy atom. The SMILES string of the molecule is Fc1cccc([C@@H]2Oc3ccccc3[C@@H]3CC(c4ccc(Cl)cc4)=NN32)c1. The van der Waals surface area contributed by atoms with Gasteiger partial charge in [-0.25, -0.2) is 9.40 Å². The van der Waals surface area contributed by atoms with E-state index in [-0.39, 0.29) is 11.9 Å². The zero-order chi connectivity index (χ0) is 18.4. The van der Waals surface area contributed by atoms with Crippen LogP contribution in [-0.4, -0.2) is 10.7 Å². The van der Waals surface area contributed by atoms with Gasteiger partial charge in [0, 0.05) is 22.6 Å². The Morgan fingerprint density at radius 3 is 2.63 bits per heavy atom. The molecule has 3 aromatic rings. The second-order valence-electron chi connectivity index (χ2n) is 6.72. The average molecular weight is 379 g/mol. The van der Waals surface area contributed by atoms with Gasteiger partial charge in [-0.05, 0) is 35.9 Å². The minimum Gasteiger partial charge on any atom is -0.464 e. The molecule has 2 aliphatic rings. The molecule has 134 valence electrons. The van der Waals surface area contributed by atoms with Crippen LogP contribution >= 0.6 is 11.6 Å². The van der Waals surface area contributed by atoms with E-state index in [1.54, 1.807) is 6.07 Å². The number of rotatable bonds is 2. The van der Waals surface area contributed by atoms with Gasteiger partial charge in [0.25, 0.3) is 0 Å². The van der Waals surface area contributed by atoms with Crippen LogP contribution in [0.3, 0.4) is 0 Å². The molecule has 0 spiro atoms. The summed E-state index contributed by atoms with van der Waals surface area (Å²) in [5.74, 6) is 0.535. The van der Waals surface area contributed by atoms with Crippen LogP contribution in [0.5, 0.6) is 5.75 Å². The first-order valence-corrected chi connectivity index (χ1v) is 9.19. The molecule has 2 atom stereocenters. The van der Waals surface area contributed by atoms with Gasteiger partial charge in [-0.2, -0.15) is 5.10 Å². The number of fused-ring (bicyclic) bond motifs is 3. The minimum atomic E-state index is -0.467. The summed E-state index contributed by atoms with van der Waals surface area (Å²) in [5.41, 5.74) is 3.84. The van der Waals surface area contributed by atoms with Gasteiger partial charge in [-0.15, -0.1) is 0 Å². The first-order valence-electron chi connectivity index (χ1n) is 8.82. The molecule has 3 aromatic carbocycles. The lowest BCUT2D eigenvalue weighted by Crippen LogP contribution is -2.33. The Morgan fingerprint density at radius 2 is 1.81 bits per heavy atom. The molecule has 0 aromatic heterocycles. The van der Waals surface area contributed by atoms with Crippen molar-refractivity contribution >= 4 is 17.3 Å². The van der Waals surface area contributed by atoms with Crippen LogP contribution in [0, 0.1) is 5.82 Å². The van der Waals surface area contributed by atoms with Crippen molar-refractivity contribution in [2.24, 2.45) is 5.10 Å². The van der Waals surface area contributed by atoms with E-state index in [1.807, 2.05) is 53.5 Å². The molecule has 2 aliphatic heterocycles. The highest BCUT2D eigenvalue weighted by molar-refractivity contribution is 6.30. The lowest BCUT2D eigenvalue weighted by Gasteiger charge is -2.38. The molecule has 0 radical (unpaired) electrons. The van der Waals surface area contributed by atoms with Crippen molar-refractivity contribution in [1.29, 1.82) is 0 Å². The Balaban J connectivity index is 1.60. The summed E-state index contributed by atoms with van der Waals surface area (Å²) in [6.07, 6.45) is 0.291. The highest BCUT2D eigenvalue weighted by Crippen LogP contribution is 2.47.